The largest absolute Gasteiger partial charge is 0.490 e. The molecule has 3 heterocycles. The number of likely N-dealkylation sites (tertiary alicyclic amines) is 2. The summed E-state index contributed by atoms with van der Waals surface area (Å²) in [6.45, 7) is 5.59. The Bertz CT molecular complexity index is 1760. The van der Waals surface area contributed by atoms with Gasteiger partial charge in [0, 0.05) is 36.3 Å². The van der Waals surface area contributed by atoms with Gasteiger partial charge in [-0.3, -0.25) is 29.3 Å². The summed E-state index contributed by atoms with van der Waals surface area (Å²) in [5.41, 5.74) is 4.51. The Morgan fingerprint density at radius 1 is 0.788 bits per heavy atom. The van der Waals surface area contributed by atoms with Crippen LogP contribution in [-0.4, -0.2) is 90.4 Å². The van der Waals surface area contributed by atoms with E-state index in [2.05, 4.69) is 15.1 Å². The number of fused-ring (bicyclic) bond motifs is 1. The minimum absolute atomic E-state index is 0.0461. The third kappa shape index (κ3) is 6.82. The molecule has 11 nitrogen and oxygen atoms in total. The van der Waals surface area contributed by atoms with Gasteiger partial charge in [0.2, 0.25) is 5.91 Å². The number of Topliss-reactive ketones (excluding diaryl/α,β-unsaturated/α-hetero) is 3. The number of amides is 1. The summed E-state index contributed by atoms with van der Waals surface area (Å²) < 4.78 is 5.45. The van der Waals surface area contributed by atoms with E-state index in [1.165, 1.54) is 31.1 Å². The van der Waals surface area contributed by atoms with Crippen molar-refractivity contribution in [3.05, 3.63) is 68.3 Å². The second-order valence-electron chi connectivity index (χ2n) is 16.3. The number of methoxy groups -OCH3 is 1. The molecule has 2 saturated carbocycles. The first kappa shape index (κ1) is 35.1. The van der Waals surface area contributed by atoms with Crippen LogP contribution >= 0.6 is 0 Å². The number of ether oxygens (including phenoxy) is 1. The summed E-state index contributed by atoms with van der Waals surface area (Å²) in [6, 6.07) is 10.1. The lowest BCUT2D eigenvalue weighted by Crippen LogP contribution is -2.48. The van der Waals surface area contributed by atoms with E-state index < -0.39 is 11.8 Å². The maximum Gasteiger partial charge on any atom is 0.311 e. The number of rotatable bonds is 9. The van der Waals surface area contributed by atoms with Gasteiger partial charge in [-0.05, 0) is 143 Å². The van der Waals surface area contributed by atoms with E-state index in [1.807, 2.05) is 18.2 Å². The highest BCUT2D eigenvalue weighted by Crippen LogP contribution is 2.48. The molecule has 0 radical (unpaired) electrons. The molecule has 11 heteroatoms. The monoisotopic (exact) mass is 710 g/mol. The zero-order valence-electron chi connectivity index (χ0n) is 30.1. The van der Waals surface area contributed by atoms with Crippen LogP contribution in [0.2, 0.25) is 0 Å². The van der Waals surface area contributed by atoms with Crippen molar-refractivity contribution in [3.63, 3.8) is 0 Å². The molecule has 2 atom stereocenters. The smallest absolute Gasteiger partial charge is 0.311 e. The highest BCUT2D eigenvalue weighted by Gasteiger charge is 2.47. The van der Waals surface area contributed by atoms with Gasteiger partial charge < -0.3 is 19.9 Å². The van der Waals surface area contributed by atoms with Crippen molar-refractivity contribution in [2.45, 2.75) is 94.4 Å². The second kappa shape index (κ2) is 14.5. The number of hydrogen-bond donors (Lipinski definition) is 1. The number of nitro benzene ring substituents is 1. The number of nitrogens with zero attached hydrogens (tertiary/aromatic N) is 3. The van der Waals surface area contributed by atoms with Crippen molar-refractivity contribution in [1.82, 2.24) is 15.1 Å². The average Bonchev–Trinajstić information content (AvgIpc) is 3.98. The lowest BCUT2D eigenvalue weighted by Gasteiger charge is -2.43. The first-order chi connectivity index (χ1) is 25.2. The highest BCUT2D eigenvalue weighted by atomic mass is 16.6. The van der Waals surface area contributed by atoms with E-state index in [9.17, 15) is 29.3 Å². The Balaban J connectivity index is 0.800. The molecule has 6 aliphatic rings. The molecule has 2 unspecified atom stereocenters. The lowest BCUT2D eigenvalue weighted by molar-refractivity contribution is -0.385. The Labute approximate surface area is 305 Å². The molecule has 1 N–H and O–H groups in total. The topological polar surface area (TPSA) is 139 Å². The molecule has 8 rings (SSSR count). The molecule has 1 amide bonds. The number of nitrogens with one attached hydrogen (secondary N) is 1. The van der Waals surface area contributed by atoms with Crippen LogP contribution in [0.15, 0.2) is 30.3 Å². The van der Waals surface area contributed by atoms with E-state index in [-0.39, 0.29) is 46.8 Å². The van der Waals surface area contributed by atoms with Gasteiger partial charge in [0.15, 0.2) is 17.3 Å². The molecular weight excluding hydrogens is 660 g/mol. The molecule has 0 bridgehead atoms. The Morgan fingerprint density at radius 2 is 1.44 bits per heavy atom. The minimum atomic E-state index is -1.02. The number of hydrogen-bond acceptors (Lipinski definition) is 9. The van der Waals surface area contributed by atoms with E-state index >= 15 is 0 Å². The standard InChI is InChI=1S/C41H50N4O7/c1-52-37-20-32(31(26-6-7-26)19-35(37)45(50)51)27-10-16-44(17-11-27)29-12-14-43(15-13-29)23-24-2-4-25(5-3-24)28-8-9-30-33(18-28)41(49)39(40(30)48)34-22-42-38(47)21-36(34)46/h8-9,18-20,24-27,29,34,39H,2-7,10-17,21-23H2,1H3,(H,42,47). The highest BCUT2D eigenvalue weighted by molar-refractivity contribution is 6.28. The van der Waals surface area contributed by atoms with E-state index in [0.717, 1.165) is 89.7 Å². The number of benzene rings is 2. The SMILES string of the molecule is COc1cc(C2CCN(C3CCN(CC4CCC(c5ccc6c(c5)C(=O)C(C5CNC(=O)CC5=O)C6=O)CC4)CC3)CC2)c(C2CC2)cc1[N+](=O)[O-]. The Kier molecular flexibility index (Phi) is 9.76. The van der Waals surface area contributed by atoms with Gasteiger partial charge in [-0.2, -0.15) is 0 Å². The summed E-state index contributed by atoms with van der Waals surface area (Å²) in [4.78, 5) is 67.5. The van der Waals surface area contributed by atoms with Crippen molar-refractivity contribution in [2.75, 3.05) is 46.4 Å². The van der Waals surface area contributed by atoms with Crippen molar-refractivity contribution in [2.24, 2.45) is 17.8 Å². The van der Waals surface area contributed by atoms with Crippen LogP contribution in [0.3, 0.4) is 0 Å². The summed E-state index contributed by atoms with van der Waals surface area (Å²) in [5.74, 6) is -0.743. The molecule has 276 valence electrons. The van der Waals surface area contributed by atoms with Crippen molar-refractivity contribution in [3.8, 4) is 5.75 Å². The maximum atomic E-state index is 13.4. The minimum Gasteiger partial charge on any atom is -0.490 e. The maximum absolute atomic E-state index is 13.4. The quantitative estimate of drug-likeness (QED) is 0.194. The van der Waals surface area contributed by atoms with Crippen molar-refractivity contribution < 1.29 is 28.8 Å². The number of carbonyl (C=O) groups is 4. The average molecular weight is 711 g/mol. The third-order valence-electron chi connectivity index (χ3n) is 13.3. The van der Waals surface area contributed by atoms with Crippen LogP contribution in [0.4, 0.5) is 5.69 Å². The van der Waals surface area contributed by atoms with Crippen LogP contribution in [0.1, 0.15) is 126 Å². The fourth-order valence-electron chi connectivity index (χ4n) is 10.1. The molecule has 3 aliphatic carbocycles. The third-order valence-corrected chi connectivity index (χ3v) is 13.3. The van der Waals surface area contributed by atoms with Gasteiger partial charge in [-0.1, -0.05) is 12.1 Å². The van der Waals surface area contributed by atoms with Crippen molar-refractivity contribution >= 4 is 28.9 Å². The molecule has 2 aromatic carbocycles. The van der Waals surface area contributed by atoms with Gasteiger partial charge in [-0.25, -0.2) is 0 Å². The summed E-state index contributed by atoms with van der Waals surface area (Å²) >= 11 is 0. The van der Waals surface area contributed by atoms with Gasteiger partial charge in [-0.15, -0.1) is 0 Å². The van der Waals surface area contributed by atoms with Gasteiger partial charge >= 0.3 is 5.69 Å². The van der Waals surface area contributed by atoms with Crippen LogP contribution in [0.25, 0.3) is 0 Å². The molecule has 52 heavy (non-hydrogen) atoms. The summed E-state index contributed by atoms with van der Waals surface area (Å²) in [5, 5.41) is 14.3. The van der Waals surface area contributed by atoms with Crippen LogP contribution in [-0.2, 0) is 9.59 Å². The Hall–Kier alpha value is -3.96. The van der Waals surface area contributed by atoms with Gasteiger partial charge in [0.1, 0.15) is 5.78 Å². The van der Waals surface area contributed by atoms with Crippen molar-refractivity contribution in [1.29, 1.82) is 0 Å². The van der Waals surface area contributed by atoms with Crippen LogP contribution < -0.4 is 10.1 Å². The molecule has 2 aromatic rings. The fourth-order valence-corrected chi connectivity index (χ4v) is 10.1. The number of carbonyl (C=O) groups excluding carboxylic acids is 4. The first-order valence-electron chi connectivity index (χ1n) is 19.5. The van der Waals surface area contributed by atoms with Gasteiger partial charge in [0.05, 0.1) is 30.3 Å². The van der Waals surface area contributed by atoms with E-state index in [0.29, 0.717) is 46.6 Å². The first-order valence-corrected chi connectivity index (χ1v) is 19.5. The van der Waals surface area contributed by atoms with Crippen LogP contribution in [0, 0.1) is 27.9 Å². The second-order valence-corrected chi connectivity index (χ2v) is 16.3. The molecule has 3 aliphatic heterocycles. The normalized spacial score (nSPS) is 28.2. The van der Waals surface area contributed by atoms with E-state index in [1.54, 1.807) is 12.1 Å². The molecular formula is C41H50N4O7. The van der Waals surface area contributed by atoms with Crippen LogP contribution in [0.5, 0.6) is 5.75 Å². The lowest BCUT2D eigenvalue weighted by atomic mass is 9.78. The molecule has 5 fully saturated rings. The Morgan fingerprint density at radius 3 is 2.10 bits per heavy atom. The zero-order valence-corrected chi connectivity index (χ0v) is 30.1. The predicted molar refractivity (Wildman–Crippen MR) is 194 cm³/mol. The number of piperidine rings is 3. The summed E-state index contributed by atoms with van der Waals surface area (Å²) in [7, 11) is 1.52. The zero-order chi connectivity index (χ0) is 36.1. The number of nitro groups is 1. The molecule has 0 aromatic heterocycles. The molecule has 3 saturated heterocycles. The fraction of sp³-hybridized carbons (Fsp3) is 0.610. The summed E-state index contributed by atoms with van der Waals surface area (Å²) in [6.07, 6.45) is 11.0. The number of ketones is 3. The van der Waals surface area contributed by atoms with Gasteiger partial charge in [0.25, 0.3) is 0 Å². The molecule has 0 spiro atoms. The van der Waals surface area contributed by atoms with E-state index in [4.69, 9.17) is 4.74 Å². The predicted octanol–water partition coefficient (Wildman–Crippen LogP) is 5.80.